The minimum absolute atomic E-state index is 0.0552. The second-order valence-corrected chi connectivity index (χ2v) is 9.17. The van der Waals surface area contributed by atoms with Gasteiger partial charge in [0.25, 0.3) is 0 Å². The van der Waals surface area contributed by atoms with Crippen LogP contribution >= 0.6 is 0 Å². The van der Waals surface area contributed by atoms with Crippen LogP contribution in [0.3, 0.4) is 0 Å². The van der Waals surface area contributed by atoms with Gasteiger partial charge in [-0.05, 0) is 38.0 Å². The molecule has 0 aromatic heterocycles. The molecule has 0 N–H and O–H groups in total. The van der Waals surface area contributed by atoms with Crippen LogP contribution in [0, 0.1) is 23.2 Å². The fourth-order valence-corrected chi connectivity index (χ4v) is 4.90. The first kappa shape index (κ1) is 15.8. The summed E-state index contributed by atoms with van der Waals surface area (Å²) in [6.45, 7) is -0.228. The smallest absolute Gasteiger partial charge is 0.439 e. The third-order valence-electron chi connectivity index (χ3n) is 5.33. The number of carbonyl (C=O) groups excluding carboxylic acids is 2. The van der Waals surface area contributed by atoms with E-state index in [1.165, 1.54) is 0 Å². The molecule has 0 aromatic carbocycles. The highest BCUT2D eigenvalue weighted by atomic mass is 32.2. The van der Waals surface area contributed by atoms with Crippen molar-refractivity contribution in [1.82, 2.24) is 0 Å². The molecule has 5 nitrogen and oxygen atoms in total. The van der Waals surface area contributed by atoms with E-state index in [9.17, 15) is 26.8 Å². The first-order valence-electron chi connectivity index (χ1n) is 7.32. The summed E-state index contributed by atoms with van der Waals surface area (Å²) >= 11 is 0. The van der Waals surface area contributed by atoms with Crippen LogP contribution < -0.4 is 0 Å². The van der Waals surface area contributed by atoms with Gasteiger partial charge in [-0.15, -0.1) is 0 Å². The molecule has 0 aliphatic heterocycles. The summed E-state index contributed by atoms with van der Waals surface area (Å²) in [6, 6.07) is 0. The molecule has 4 aliphatic rings. The van der Waals surface area contributed by atoms with Crippen LogP contribution in [0.2, 0.25) is 0 Å². The third kappa shape index (κ3) is 2.35. The molecule has 0 spiro atoms. The number of alkyl halides is 2. The molecule has 0 radical (unpaired) electrons. The lowest BCUT2D eigenvalue weighted by atomic mass is 9.49. The van der Waals surface area contributed by atoms with Crippen molar-refractivity contribution in [2.75, 3.05) is 12.9 Å². The standard InChI is InChI=1S/C14H18F2O5S/c1-22(19,20)14(15,16)12(18)21-7-13-4-8-2-9(5-13)11(17)10(3-8)6-13/h8-10H,2-7H2,1H3. The molecular formula is C14H18F2O5S. The van der Waals surface area contributed by atoms with Crippen molar-refractivity contribution in [2.24, 2.45) is 23.2 Å². The highest BCUT2D eigenvalue weighted by Crippen LogP contribution is 2.58. The van der Waals surface area contributed by atoms with Crippen LogP contribution in [0.15, 0.2) is 0 Å². The summed E-state index contributed by atoms with van der Waals surface area (Å²) in [7, 11) is -4.85. The van der Waals surface area contributed by atoms with Crippen LogP contribution in [0.1, 0.15) is 32.1 Å². The van der Waals surface area contributed by atoms with E-state index in [0.29, 0.717) is 25.0 Å². The lowest BCUT2D eigenvalue weighted by molar-refractivity contribution is -0.173. The summed E-state index contributed by atoms with van der Waals surface area (Å²) in [5.74, 6) is -1.50. The van der Waals surface area contributed by atoms with Crippen molar-refractivity contribution in [3.63, 3.8) is 0 Å². The number of Topliss-reactive ketones (excluding diaryl/α,β-unsaturated/α-hetero) is 1. The molecule has 4 fully saturated rings. The van der Waals surface area contributed by atoms with Crippen LogP contribution in [0.25, 0.3) is 0 Å². The Bertz CT molecular complexity index is 609. The lowest BCUT2D eigenvalue weighted by Gasteiger charge is -2.55. The monoisotopic (exact) mass is 336 g/mol. The molecule has 2 atom stereocenters. The minimum Gasteiger partial charge on any atom is -0.460 e. The molecule has 8 heteroatoms. The van der Waals surface area contributed by atoms with Gasteiger partial charge in [0.15, 0.2) is 0 Å². The molecule has 2 unspecified atom stereocenters. The van der Waals surface area contributed by atoms with Crippen molar-refractivity contribution >= 4 is 21.6 Å². The van der Waals surface area contributed by atoms with Crippen molar-refractivity contribution in [2.45, 2.75) is 37.4 Å². The number of rotatable bonds is 4. The van der Waals surface area contributed by atoms with Crippen LogP contribution in [0.5, 0.6) is 0 Å². The Morgan fingerprint density at radius 2 is 1.82 bits per heavy atom. The van der Waals surface area contributed by atoms with Gasteiger partial charge >= 0.3 is 11.2 Å². The fourth-order valence-electron chi connectivity index (χ4n) is 4.54. The van der Waals surface area contributed by atoms with E-state index in [1.807, 2.05) is 0 Å². The normalized spacial score (nSPS) is 37.4. The average Bonchev–Trinajstić information content (AvgIpc) is 2.40. The van der Waals surface area contributed by atoms with Gasteiger partial charge in [0.2, 0.25) is 9.84 Å². The number of halogens is 2. The molecule has 4 rings (SSSR count). The zero-order valence-corrected chi connectivity index (χ0v) is 13.0. The van der Waals surface area contributed by atoms with Crippen molar-refractivity contribution in [1.29, 1.82) is 0 Å². The topological polar surface area (TPSA) is 77.5 Å². The van der Waals surface area contributed by atoms with Crippen molar-refractivity contribution < 1.29 is 31.5 Å². The second kappa shape index (κ2) is 4.72. The quantitative estimate of drug-likeness (QED) is 0.728. The van der Waals surface area contributed by atoms with Gasteiger partial charge in [0.1, 0.15) is 5.78 Å². The Kier molecular flexibility index (Phi) is 3.40. The number of ether oxygens (including phenoxy) is 1. The van der Waals surface area contributed by atoms with Gasteiger partial charge in [-0.25, -0.2) is 13.2 Å². The Hall–Kier alpha value is -1.05. The van der Waals surface area contributed by atoms with E-state index in [0.717, 1.165) is 19.3 Å². The molecule has 0 heterocycles. The zero-order valence-electron chi connectivity index (χ0n) is 12.2. The minimum atomic E-state index is -4.85. The molecule has 22 heavy (non-hydrogen) atoms. The first-order valence-corrected chi connectivity index (χ1v) is 9.22. The number of carbonyl (C=O) groups is 2. The van der Waals surface area contributed by atoms with Gasteiger partial charge in [-0.2, -0.15) is 8.78 Å². The maximum atomic E-state index is 13.4. The van der Waals surface area contributed by atoms with E-state index in [2.05, 4.69) is 4.74 Å². The molecule has 4 saturated carbocycles. The summed E-state index contributed by atoms with van der Waals surface area (Å²) in [5.41, 5.74) is -0.437. The van der Waals surface area contributed by atoms with E-state index < -0.39 is 26.5 Å². The van der Waals surface area contributed by atoms with Crippen molar-refractivity contribution in [3.8, 4) is 0 Å². The van der Waals surface area contributed by atoms with E-state index in [-0.39, 0.29) is 24.2 Å². The predicted molar refractivity (Wildman–Crippen MR) is 71.7 cm³/mol. The molecule has 0 aromatic rings. The van der Waals surface area contributed by atoms with Crippen LogP contribution in [-0.2, 0) is 24.2 Å². The van der Waals surface area contributed by atoms with Crippen LogP contribution in [0.4, 0.5) is 8.78 Å². The Morgan fingerprint density at radius 3 is 2.32 bits per heavy atom. The molecule has 4 bridgehead atoms. The molecular weight excluding hydrogens is 318 g/mol. The Balaban J connectivity index is 1.70. The van der Waals surface area contributed by atoms with E-state index in [4.69, 9.17) is 0 Å². The third-order valence-corrected chi connectivity index (χ3v) is 6.43. The summed E-state index contributed by atoms with van der Waals surface area (Å²) in [6.07, 6.45) is 3.84. The van der Waals surface area contributed by atoms with Gasteiger partial charge < -0.3 is 4.74 Å². The van der Waals surface area contributed by atoms with Gasteiger partial charge in [-0.1, -0.05) is 0 Å². The van der Waals surface area contributed by atoms with Gasteiger partial charge in [-0.3, -0.25) is 4.79 Å². The predicted octanol–water partition coefficient (Wildman–Crippen LogP) is 1.56. The highest BCUT2D eigenvalue weighted by molar-refractivity contribution is 7.92. The van der Waals surface area contributed by atoms with Crippen molar-refractivity contribution in [3.05, 3.63) is 0 Å². The molecule has 124 valence electrons. The molecule has 4 aliphatic carbocycles. The number of ketones is 1. The summed E-state index contributed by atoms with van der Waals surface area (Å²) < 4.78 is 53.5. The van der Waals surface area contributed by atoms with E-state index >= 15 is 0 Å². The SMILES string of the molecule is CS(=O)(=O)C(F)(F)C(=O)OCC12CC3CC(C1)C(=O)C(C3)C2. The fraction of sp³-hybridized carbons (Fsp3) is 0.857. The van der Waals surface area contributed by atoms with Gasteiger partial charge in [0, 0.05) is 23.5 Å². The largest absolute Gasteiger partial charge is 0.460 e. The molecule has 0 amide bonds. The molecule has 0 saturated heterocycles. The maximum absolute atomic E-state index is 13.4. The highest BCUT2D eigenvalue weighted by Gasteiger charge is 2.57. The second-order valence-electron chi connectivity index (χ2n) is 7.11. The number of sulfone groups is 1. The summed E-state index contributed by atoms with van der Waals surface area (Å²) in [4.78, 5) is 23.5. The number of hydrogen-bond donors (Lipinski definition) is 0. The van der Waals surface area contributed by atoms with Gasteiger partial charge in [0.05, 0.1) is 6.61 Å². The maximum Gasteiger partial charge on any atom is 0.439 e. The van der Waals surface area contributed by atoms with E-state index in [1.54, 1.807) is 0 Å². The lowest BCUT2D eigenvalue weighted by Crippen LogP contribution is -2.53. The average molecular weight is 336 g/mol. The number of hydrogen-bond acceptors (Lipinski definition) is 5. The Labute approximate surface area is 127 Å². The zero-order chi connectivity index (χ0) is 16.3. The first-order chi connectivity index (χ1) is 10.0. The van der Waals surface area contributed by atoms with Crippen LogP contribution in [-0.4, -0.2) is 38.3 Å². The Morgan fingerprint density at radius 1 is 1.27 bits per heavy atom. The number of esters is 1. The summed E-state index contributed by atoms with van der Waals surface area (Å²) in [5, 5.41) is -4.52.